The number of ketones is 1. The molecule has 190 valence electrons. The molecule has 1 N–H and O–H groups in total. The maximum Gasteiger partial charge on any atom is 0.336 e. The average molecular weight is 488 g/mol. The van der Waals surface area contributed by atoms with Gasteiger partial charge in [0.2, 0.25) is 0 Å². The molecule has 1 aliphatic heterocycles. The molecule has 1 heterocycles. The van der Waals surface area contributed by atoms with Crippen molar-refractivity contribution in [1.82, 2.24) is 5.32 Å². The Morgan fingerprint density at radius 2 is 1.86 bits per heavy atom. The van der Waals surface area contributed by atoms with Gasteiger partial charge in [0.15, 0.2) is 17.3 Å². The fourth-order valence-electron chi connectivity index (χ4n) is 4.72. The van der Waals surface area contributed by atoms with Gasteiger partial charge in [-0.05, 0) is 43.9 Å². The summed E-state index contributed by atoms with van der Waals surface area (Å²) < 4.78 is 26.5. The average Bonchev–Trinajstić information content (AvgIpc) is 2.83. The highest BCUT2D eigenvalue weighted by atomic mass is 16.6. The van der Waals surface area contributed by atoms with Crippen molar-refractivity contribution in [3.63, 3.8) is 0 Å². The summed E-state index contributed by atoms with van der Waals surface area (Å²) in [4.78, 5) is 39.6. The van der Waals surface area contributed by atoms with E-state index < -0.39 is 23.8 Å². The van der Waals surface area contributed by atoms with Crippen LogP contribution in [0.1, 0.15) is 38.7 Å². The number of dihydropyridines is 1. The maximum atomic E-state index is 13.8. The van der Waals surface area contributed by atoms with Crippen LogP contribution in [-0.2, 0) is 28.6 Å². The first-order valence-electron chi connectivity index (χ1n) is 11.6. The monoisotopic (exact) mass is 487 g/mol. The van der Waals surface area contributed by atoms with Gasteiger partial charge >= 0.3 is 11.9 Å². The highest BCUT2D eigenvalue weighted by Crippen LogP contribution is 2.46. The van der Waals surface area contributed by atoms with Crippen LogP contribution in [0.4, 0.5) is 0 Å². The summed E-state index contributed by atoms with van der Waals surface area (Å²) in [6, 6.07) is 5.29. The standard InChI is InChI=1S/C26H33NO8/c1-7-34-18-9-8-16(13-19(18)32-5)22-21(26(30)35-11-10-31-4)15(3)27-17-12-14(2)20(25(29)33-6)24(28)23(17)22/h8-9,13-14,20,22,27H,7,10-12H2,1-6H3/t14-,20+,22-/m0/s1. The van der Waals surface area contributed by atoms with Crippen LogP contribution in [0.2, 0.25) is 0 Å². The maximum absolute atomic E-state index is 13.8. The fraction of sp³-hybridized carbons (Fsp3) is 0.500. The molecule has 0 spiro atoms. The normalized spacial score (nSPS) is 21.8. The number of rotatable bonds is 9. The lowest BCUT2D eigenvalue weighted by atomic mass is 9.69. The van der Waals surface area contributed by atoms with Gasteiger partial charge in [-0.2, -0.15) is 0 Å². The summed E-state index contributed by atoms with van der Waals surface area (Å²) in [6.07, 6.45) is 0.453. The number of methoxy groups -OCH3 is 3. The van der Waals surface area contributed by atoms with E-state index in [0.717, 1.165) is 0 Å². The number of Topliss-reactive ketones (excluding diaryl/α,β-unsaturated/α-hetero) is 1. The lowest BCUT2D eigenvalue weighted by molar-refractivity contribution is -0.151. The Hall–Kier alpha value is -3.33. The van der Waals surface area contributed by atoms with Crippen molar-refractivity contribution in [2.45, 2.75) is 33.1 Å². The smallest absolute Gasteiger partial charge is 0.336 e. The summed E-state index contributed by atoms with van der Waals surface area (Å²) in [7, 11) is 4.31. The van der Waals surface area contributed by atoms with E-state index in [2.05, 4.69) is 5.32 Å². The van der Waals surface area contributed by atoms with Gasteiger partial charge in [0.25, 0.3) is 0 Å². The van der Waals surface area contributed by atoms with Gasteiger partial charge in [-0.15, -0.1) is 0 Å². The first-order chi connectivity index (χ1) is 16.8. The fourth-order valence-corrected chi connectivity index (χ4v) is 4.72. The Morgan fingerprint density at radius 3 is 2.49 bits per heavy atom. The largest absolute Gasteiger partial charge is 0.493 e. The predicted molar refractivity (Wildman–Crippen MR) is 127 cm³/mol. The number of carbonyl (C=O) groups excluding carboxylic acids is 3. The van der Waals surface area contributed by atoms with Crippen LogP contribution >= 0.6 is 0 Å². The van der Waals surface area contributed by atoms with E-state index in [0.29, 0.717) is 47.1 Å². The molecule has 0 saturated carbocycles. The van der Waals surface area contributed by atoms with Crippen molar-refractivity contribution in [2.24, 2.45) is 11.8 Å². The minimum absolute atomic E-state index is 0.0626. The molecule has 0 bridgehead atoms. The Kier molecular flexibility index (Phi) is 8.56. The second-order valence-corrected chi connectivity index (χ2v) is 8.51. The topological polar surface area (TPSA) is 109 Å². The van der Waals surface area contributed by atoms with E-state index in [1.807, 2.05) is 13.8 Å². The lowest BCUT2D eigenvalue weighted by Gasteiger charge is -2.38. The molecule has 35 heavy (non-hydrogen) atoms. The molecule has 9 heteroatoms. The second-order valence-electron chi connectivity index (χ2n) is 8.51. The molecular weight excluding hydrogens is 454 g/mol. The number of hydrogen-bond donors (Lipinski definition) is 1. The third-order valence-electron chi connectivity index (χ3n) is 6.30. The Labute approximate surface area is 205 Å². The third-order valence-corrected chi connectivity index (χ3v) is 6.30. The first-order valence-corrected chi connectivity index (χ1v) is 11.6. The number of nitrogens with one attached hydrogen (secondary N) is 1. The Morgan fingerprint density at radius 1 is 1.11 bits per heavy atom. The molecule has 0 unspecified atom stereocenters. The quantitative estimate of drug-likeness (QED) is 0.319. The number of benzene rings is 1. The van der Waals surface area contributed by atoms with Crippen molar-refractivity contribution >= 4 is 17.7 Å². The molecule has 1 aromatic rings. The molecular formula is C26H33NO8. The highest BCUT2D eigenvalue weighted by molar-refractivity contribution is 6.12. The summed E-state index contributed by atoms with van der Waals surface area (Å²) in [5.74, 6) is -2.51. The summed E-state index contributed by atoms with van der Waals surface area (Å²) in [5, 5.41) is 3.24. The van der Waals surface area contributed by atoms with Gasteiger partial charge in [-0.1, -0.05) is 13.0 Å². The zero-order valence-electron chi connectivity index (χ0n) is 21.1. The SMILES string of the molecule is CCOc1ccc([C@H]2C(C(=O)OCCOC)=C(C)NC3=C2C(=O)[C@H](C(=O)OC)[C@@H](C)C3)cc1OC. The van der Waals surface area contributed by atoms with Gasteiger partial charge in [-0.25, -0.2) is 4.79 Å². The number of ether oxygens (including phenoxy) is 5. The predicted octanol–water partition coefficient (Wildman–Crippen LogP) is 2.90. The van der Waals surface area contributed by atoms with Gasteiger partial charge in [0.05, 0.1) is 33.0 Å². The lowest BCUT2D eigenvalue weighted by Crippen LogP contribution is -2.43. The van der Waals surface area contributed by atoms with Crippen LogP contribution < -0.4 is 14.8 Å². The van der Waals surface area contributed by atoms with Crippen molar-refractivity contribution in [2.75, 3.05) is 41.2 Å². The van der Waals surface area contributed by atoms with Crippen LogP contribution in [0, 0.1) is 11.8 Å². The number of allylic oxidation sites excluding steroid dienone is 3. The zero-order valence-corrected chi connectivity index (χ0v) is 21.1. The minimum atomic E-state index is -0.961. The summed E-state index contributed by atoms with van der Waals surface area (Å²) >= 11 is 0. The van der Waals surface area contributed by atoms with E-state index in [4.69, 9.17) is 23.7 Å². The van der Waals surface area contributed by atoms with Crippen molar-refractivity contribution in [3.05, 3.63) is 46.3 Å². The zero-order chi connectivity index (χ0) is 25.7. The highest BCUT2D eigenvalue weighted by Gasteiger charge is 2.47. The molecule has 2 aliphatic rings. The van der Waals surface area contributed by atoms with Crippen molar-refractivity contribution < 1.29 is 38.1 Å². The molecule has 0 saturated heterocycles. The Bertz CT molecular complexity index is 1060. The third kappa shape index (κ3) is 5.19. The van der Waals surface area contributed by atoms with Gasteiger partial charge < -0.3 is 29.0 Å². The molecule has 0 fully saturated rings. The van der Waals surface area contributed by atoms with Gasteiger partial charge in [-0.3, -0.25) is 9.59 Å². The molecule has 1 aliphatic carbocycles. The van der Waals surface area contributed by atoms with E-state index in [9.17, 15) is 14.4 Å². The van der Waals surface area contributed by atoms with Crippen molar-refractivity contribution in [3.8, 4) is 11.5 Å². The van der Waals surface area contributed by atoms with Crippen LogP contribution in [0.5, 0.6) is 11.5 Å². The Balaban J connectivity index is 2.17. The van der Waals surface area contributed by atoms with E-state index in [1.54, 1.807) is 25.1 Å². The summed E-state index contributed by atoms with van der Waals surface area (Å²) in [6.45, 7) is 6.23. The van der Waals surface area contributed by atoms with Gasteiger partial charge in [0, 0.05) is 30.0 Å². The molecule has 0 radical (unpaired) electrons. The molecule has 3 atom stereocenters. The van der Waals surface area contributed by atoms with Crippen LogP contribution in [0.25, 0.3) is 0 Å². The number of hydrogen-bond acceptors (Lipinski definition) is 9. The van der Waals surface area contributed by atoms with Crippen LogP contribution in [-0.4, -0.2) is 58.9 Å². The van der Waals surface area contributed by atoms with E-state index in [1.165, 1.54) is 21.3 Å². The van der Waals surface area contributed by atoms with Crippen LogP contribution in [0.3, 0.4) is 0 Å². The van der Waals surface area contributed by atoms with E-state index in [-0.39, 0.29) is 30.5 Å². The van der Waals surface area contributed by atoms with Gasteiger partial charge in [0.1, 0.15) is 12.5 Å². The van der Waals surface area contributed by atoms with E-state index >= 15 is 0 Å². The number of esters is 2. The molecule has 1 aromatic carbocycles. The molecule has 0 aromatic heterocycles. The first kappa shape index (κ1) is 26.3. The van der Waals surface area contributed by atoms with Crippen molar-refractivity contribution in [1.29, 1.82) is 0 Å². The second kappa shape index (κ2) is 11.4. The van der Waals surface area contributed by atoms with Crippen LogP contribution in [0.15, 0.2) is 40.7 Å². The minimum Gasteiger partial charge on any atom is -0.493 e. The number of carbonyl (C=O) groups is 3. The summed E-state index contributed by atoms with van der Waals surface area (Å²) in [5.41, 5.74) is 2.56. The molecule has 0 amide bonds. The molecule has 9 nitrogen and oxygen atoms in total. The molecule has 3 rings (SSSR count).